The van der Waals surface area contributed by atoms with Crippen LogP contribution in [0.1, 0.15) is 69.2 Å². The van der Waals surface area contributed by atoms with Gasteiger partial charge in [-0.15, -0.1) is 0 Å². The van der Waals surface area contributed by atoms with Crippen molar-refractivity contribution in [1.29, 1.82) is 0 Å². The Morgan fingerprint density at radius 1 is 1.10 bits per heavy atom. The highest BCUT2D eigenvalue weighted by Gasteiger charge is 2.30. The lowest BCUT2D eigenvalue weighted by molar-refractivity contribution is 0.0699. The van der Waals surface area contributed by atoms with Gasteiger partial charge in [0.25, 0.3) is 15.9 Å². The number of ether oxygens (including phenoxy) is 2. The topological polar surface area (TPSA) is 155 Å². The van der Waals surface area contributed by atoms with Gasteiger partial charge in [-0.2, -0.15) is 0 Å². The summed E-state index contributed by atoms with van der Waals surface area (Å²) in [4.78, 5) is 25.8. The third kappa shape index (κ3) is 10.6. The summed E-state index contributed by atoms with van der Waals surface area (Å²) in [6.07, 6.45) is 5.78. The summed E-state index contributed by atoms with van der Waals surface area (Å²) in [7, 11) is -4.32. The van der Waals surface area contributed by atoms with Crippen molar-refractivity contribution < 1.29 is 31.5 Å². The number of sulfonamides is 1. The molecule has 4 heterocycles. The number of halogens is 2. The Bertz CT molecular complexity index is 2300. The van der Waals surface area contributed by atoms with E-state index in [1.54, 1.807) is 42.7 Å². The second-order valence-corrected chi connectivity index (χ2v) is 18.4. The van der Waals surface area contributed by atoms with Crippen LogP contribution in [-0.4, -0.2) is 88.1 Å². The van der Waals surface area contributed by atoms with E-state index in [1.165, 1.54) is 17.7 Å². The van der Waals surface area contributed by atoms with Gasteiger partial charge in [0.15, 0.2) is 0 Å². The van der Waals surface area contributed by atoms with E-state index in [2.05, 4.69) is 50.2 Å². The zero-order valence-corrected chi connectivity index (χ0v) is 34.7. The number of H-pyrrole nitrogens is 1. The van der Waals surface area contributed by atoms with Gasteiger partial charge < -0.3 is 30.4 Å². The number of carbonyl (C=O) groups is 1. The Labute approximate surface area is 345 Å². The first-order valence-electron chi connectivity index (χ1n) is 20.4. The maximum absolute atomic E-state index is 13.8. The first-order valence-corrected chi connectivity index (χ1v) is 21.9. The number of benzene rings is 2. The Morgan fingerprint density at radius 2 is 1.88 bits per heavy atom. The van der Waals surface area contributed by atoms with Gasteiger partial charge in [-0.25, -0.2) is 26.9 Å². The fraction of sp³-hybridized carbons (Fsp3) is 0.455. The summed E-state index contributed by atoms with van der Waals surface area (Å²) >= 11 is 0. The van der Waals surface area contributed by atoms with Crippen molar-refractivity contribution in [2.45, 2.75) is 70.1 Å². The van der Waals surface area contributed by atoms with Gasteiger partial charge in [-0.1, -0.05) is 31.6 Å². The molecule has 4 aromatic rings. The third-order valence-corrected chi connectivity index (χ3v) is 13.1. The number of rotatable bonds is 15. The Balaban J connectivity index is 1.06. The molecular formula is C44H55F2N7O5S. The number of alkyl halides is 2. The van der Waals surface area contributed by atoms with Crippen LogP contribution in [0.5, 0.6) is 11.5 Å². The van der Waals surface area contributed by atoms with E-state index in [0.29, 0.717) is 49.1 Å². The lowest BCUT2D eigenvalue weighted by Gasteiger charge is -2.39. The van der Waals surface area contributed by atoms with Crippen LogP contribution in [0.15, 0.2) is 89.1 Å². The van der Waals surface area contributed by atoms with Gasteiger partial charge in [-0.05, 0) is 97.9 Å². The average Bonchev–Trinajstić information content (AvgIpc) is 3.68. The number of fused-ring (bicyclic) bond motifs is 1. The van der Waals surface area contributed by atoms with Crippen LogP contribution in [0.3, 0.4) is 0 Å². The molecule has 2 aliphatic heterocycles. The molecule has 2 saturated heterocycles. The van der Waals surface area contributed by atoms with Gasteiger partial charge in [0.05, 0.1) is 28.0 Å². The number of allylic oxidation sites excluding steroid dienone is 2. The number of carbonyl (C=O) groups excluding carboxylic acids is 1. The van der Waals surface area contributed by atoms with Gasteiger partial charge >= 0.3 is 0 Å². The van der Waals surface area contributed by atoms with Crippen LogP contribution >= 0.6 is 0 Å². The molecule has 0 bridgehead atoms. The summed E-state index contributed by atoms with van der Waals surface area (Å²) in [5, 5.41) is 4.13. The monoisotopic (exact) mass is 831 g/mol. The molecule has 0 unspecified atom stereocenters. The first-order chi connectivity index (χ1) is 28.2. The number of aromatic nitrogens is 2. The number of aromatic amines is 1. The van der Waals surface area contributed by atoms with Gasteiger partial charge in [0, 0.05) is 82.2 Å². The maximum atomic E-state index is 13.8. The van der Waals surface area contributed by atoms with Crippen molar-refractivity contribution in [3.05, 3.63) is 89.8 Å². The fourth-order valence-electron chi connectivity index (χ4n) is 8.14. The molecule has 7 rings (SSSR count). The van der Waals surface area contributed by atoms with E-state index in [9.17, 15) is 22.0 Å². The van der Waals surface area contributed by atoms with E-state index in [4.69, 9.17) is 15.2 Å². The molecule has 15 heteroatoms. The molecule has 0 radical (unpaired) electrons. The summed E-state index contributed by atoms with van der Waals surface area (Å²) in [6, 6.07) is 13.2. The highest BCUT2D eigenvalue weighted by atomic mass is 32.2. The average molecular weight is 832 g/mol. The number of anilines is 3. The van der Waals surface area contributed by atoms with E-state index < -0.39 is 22.4 Å². The third-order valence-electron chi connectivity index (χ3n) is 11.7. The molecule has 3 aliphatic rings. The molecule has 59 heavy (non-hydrogen) atoms. The lowest BCUT2D eigenvalue weighted by Crippen LogP contribution is -2.47. The molecule has 2 aromatic carbocycles. The number of piperazine rings is 1. The van der Waals surface area contributed by atoms with Crippen molar-refractivity contribution >= 4 is 44.0 Å². The van der Waals surface area contributed by atoms with E-state index in [-0.39, 0.29) is 33.7 Å². The molecule has 12 nitrogen and oxygen atoms in total. The fourth-order valence-corrected chi connectivity index (χ4v) is 9.14. The number of nitrogen functional groups attached to an aromatic ring is 1. The van der Waals surface area contributed by atoms with Crippen LogP contribution in [0.2, 0.25) is 0 Å². The number of hydrogen-bond donors (Lipinski definition) is 4. The molecule has 0 saturated carbocycles. The quantitative estimate of drug-likeness (QED) is 0.0864. The molecule has 2 aromatic heterocycles. The number of nitrogens with two attached hydrogens (primary N) is 1. The van der Waals surface area contributed by atoms with Crippen molar-refractivity contribution in [3.63, 3.8) is 0 Å². The number of amides is 1. The normalized spacial score (nSPS) is 18.0. The van der Waals surface area contributed by atoms with Gasteiger partial charge in [0.2, 0.25) is 6.43 Å². The number of nitrogens with one attached hydrogen (secondary N) is 3. The molecule has 316 valence electrons. The summed E-state index contributed by atoms with van der Waals surface area (Å²) in [5.74, 6) is 0.124. The summed E-state index contributed by atoms with van der Waals surface area (Å²) in [6.45, 7) is 14.5. The Hall–Kier alpha value is -4.99. The number of pyridine rings is 1. The second-order valence-electron chi connectivity index (χ2n) is 16.7. The van der Waals surface area contributed by atoms with Crippen LogP contribution in [0.25, 0.3) is 11.0 Å². The molecule has 0 spiro atoms. The highest BCUT2D eigenvalue weighted by Crippen LogP contribution is 2.42. The molecule has 5 N–H and O–H groups in total. The van der Waals surface area contributed by atoms with Crippen molar-refractivity contribution in [1.82, 2.24) is 19.6 Å². The minimum atomic E-state index is -4.32. The maximum Gasteiger partial charge on any atom is 0.268 e. The highest BCUT2D eigenvalue weighted by molar-refractivity contribution is 7.90. The van der Waals surface area contributed by atoms with Crippen molar-refractivity contribution in [2.75, 3.05) is 68.4 Å². The van der Waals surface area contributed by atoms with Gasteiger partial charge in [-0.3, -0.25) is 9.69 Å². The molecule has 0 atom stereocenters. The number of hydrogen-bond acceptors (Lipinski definition) is 10. The van der Waals surface area contributed by atoms with Crippen LogP contribution in [0.4, 0.5) is 25.8 Å². The first kappa shape index (κ1) is 42.1. The summed E-state index contributed by atoms with van der Waals surface area (Å²) in [5.41, 5.74) is 12.1. The molecule has 2 fully saturated rings. The van der Waals surface area contributed by atoms with Crippen molar-refractivity contribution in [2.24, 2.45) is 11.3 Å². The van der Waals surface area contributed by atoms with E-state index in [0.717, 1.165) is 87.2 Å². The summed E-state index contributed by atoms with van der Waals surface area (Å²) < 4.78 is 67.3. The van der Waals surface area contributed by atoms with Gasteiger partial charge in [0.1, 0.15) is 17.1 Å². The molecular weight excluding hydrogens is 777 g/mol. The van der Waals surface area contributed by atoms with Crippen LogP contribution in [-0.2, 0) is 14.8 Å². The lowest BCUT2D eigenvalue weighted by atomic mass is 9.72. The van der Waals surface area contributed by atoms with E-state index >= 15 is 0 Å². The Morgan fingerprint density at radius 3 is 2.63 bits per heavy atom. The van der Waals surface area contributed by atoms with Crippen molar-refractivity contribution in [3.8, 4) is 11.5 Å². The standard InChI is InChI=1S/C44H55F2N7O5S/c1-29(4-9-41(45)46)37-25-44(2,3)14-10-32(37)28-52-16-18-53(19-17-52)33-5-7-36(40(23-33)58-34-22-31-11-15-48-42(31)50-27-34)43(54)51-59(55,56)35-6-8-39(38(47)24-35)49-26-30-12-20-57-21-13-30/h5-8,11,15,22-24,27,30,41,49H,1,4,9-10,12-14,16-21,25-26,28,47H2,2-3H3,(H,48,50)(H,51,54). The SMILES string of the molecule is C=C(CCC(F)F)C1=C(CN2CCN(c3ccc(C(=O)NS(=O)(=O)c4ccc(NCC5CCOCC5)c(N)c4)c(Oc4cnc5[nH]ccc5c4)c3)CC2)CCC(C)(C)C1. The zero-order valence-electron chi connectivity index (χ0n) is 33.9. The Kier molecular flexibility index (Phi) is 12.9. The predicted molar refractivity (Wildman–Crippen MR) is 228 cm³/mol. The smallest absolute Gasteiger partial charge is 0.268 e. The second kappa shape index (κ2) is 18.1. The largest absolute Gasteiger partial charge is 0.455 e. The van der Waals surface area contributed by atoms with Crippen LogP contribution in [0, 0.1) is 11.3 Å². The zero-order chi connectivity index (χ0) is 41.7. The predicted octanol–water partition coefficient (Wildman–Crippen LogP) is 8.12. The minimum absolute atomic E-state index is 0.0274. The van der Waals surface area contributed by atoms with Crippen LogP contribution < -0.4 is 25.4 Å². The molecule has 1 amide bonds. The molecule has 1 aliphatic carbocycles. The van der Waals surface area contributed by atoms with E-state index in [1.807, 2.05) is 6.07 Å². The number of nitrogens with zero attached hydrogens (tertiary/aromatic N) is 3. The minimum Gasteiger partial charge on any atom is -0.455 e.